The number of benzene rings is 1. The maximum atomic E-state index is 13.2. The molecule has 1 unspecified atom stereocenters. The summed E-state index contributed by atoms with van der Waals surface area (Å²) in [5, 5.41) is 12.6. The third kappa shape index (κ3) is 2.50. The second-order valence-corrected chi connectivity index (χ2v) is 10.1. The van der Waals surface area contributed by atoms with Crippen molar-refractivity contribution in [2.45, 2.75) is 61.6 Å². The second-order valence-electron chi connectivity index (χ2n) is 8.30. The molecule has 1 aromatic rings. The SMILES string of the molecule is CC1(C)S[C@@H]2C(N3C(=O)[C@@H](c4ccccc4)NC3(C)C)C(=O)N2[C@H]1C(=O)O. The molecule has 7 nitrogen and oxygen atoms in total. The molecule has 2 N–H and O–H groups in total. The van der Waals surface area contributed by atoms with E-state index in [1.807, 2.05) is 58.0 Å². The van der Waals surface area contributed by atoms with Crippen molar-refractivity contribution in [3.05, 3.63) is 35.9 Å². The first-order chi connectivity index (χ1) is 12.6. The van der Waals surface area contributed by atoms with Crippen LogP contribution < -0.4 is 5.32 Å². The molecule has 3 saturated heterocycles. The first-order valence-corrected chi connectivity index (χ1v) is 9.83. The topological polar surface area (TPSA) is 90.0 Å². The highest BCUT2D eigenvalue weighted by molar-refractivity contribution is 8.01. The van der Waals surface area contributed by atoms with Crippen LogP contribution in [0.15, 0.2) is 30.3 Å². The van der Waals surface area contributed by atoms with Gasteiger partial charge in [-0.2, -0.15) is 0 Å². The van der Waals surface area contributed by atoms with E-state index >= 15 is 0 Å². The van der Waals surface area contributed by atoms with E-state index in [0.29, 0.717) is 0 Å². The number of carboxylic acid groups (broad SMARTS) is 1. The quantitative estimate of drug-likeness (QED) is 0.760. The average molecular weight is 389 g/mol. The number of nitrogens with one attached hydrogen (secondary N) is 1. The molecule has 0 aromatic heterocycles. The Bertz CT molecular complexity index is 826. The number of hydrogen-bond donors (Lipinski definition) is 2. The van der Waals surface area contributed by atoms with E-state index < -0.39 is 34.5 Å². The highest BCUT2D eigenvalue weighted by Gasteiger charge is 2.68. The van der Waals surface area contributed by atoms with Crippen LogP contribution in [0.25, 0.3) is 0 Å². The van der Waals surface area contributed by atoms with Crippen LogP contribution in [0.3, 0.4) is 0 Å². The molecule has 144 valence electrons. The molecule has 27 heavy (non-hydrogen) atoms. The van der Waals surface area contributed by atoms with Crippen LogP contribution in [0.2, 0.25) is 0 Å². The van der Waals surface area contributed by atoms with Crippen LogP contribution in [0, 0.1) is 0 Å². The van der Waals surface area contributed by atoms with Crippen LogP contribution in [-0.2, 0) is 14.4 Å². The van der Waals surface area contributed by atoms with Crippen molar-refractivity contribution in [3.8, 4) is 0 Å². The third-order valence-electron chi connectivity index (χ3n) is 5.64. The fourth-order valence-corrected chi connectivity index (χ4v) is 6.16. The number of amides is 2. The summed E-state index contributed by atoms with van der Waals surface area (Å²) in [4.78, 5) is 40.9. The Morgan fingerprint density at radius 3 is 2.33 bits per heavy atom. The predicted molar refractivity (Wildman–Crippen MR) is 101 cm³/mol. The molecule has 1 aromatic carbocycles. The van der Waals surface area contributed by atoms with Gasteiger partial charge < -0.3 is 14.9 Å². The number of carbonyl (C=O) groups excluding carboxylic acids is 2. The molecule has 0 aliphatic carbocycles. The number of aliphatic carboxylic acids is 1. The van der Waals surface area contributed by atoms with Crippen LogP contribution in [0.5, 0.6) is 0 Å². The summed E-state index contributed by atoms with van der Waals surface area (Å²) in [5.74, 6) is -1.45. The molecule has 4 rings (SSSR count). The summed E-state index contributed by atoms with van der Waals surface area (Å²) >= 11 is 1.46. The molecular formula is C19H23N3O4S. The van der Waals surface area contributed by atoms with Gasteiger partial charge >= 0.3 is 5.97 Å². The number of carbonyl (C=O) groups is 3. The van der Waals surface area contributed by atoms with Gasteiger partial charge in [0.25, 0.3) is 0 Å². The molecule has 0 bridgehead atoms. The lowest BCUT2D eigenvalue weighted by Crippen LogP contribution is -2.73. The van der Waals surface area contributed by atoms with Crippen molar-refractivity contribution in [3.63, 3.8) is 0 Å². The Hall–Kier alpha value is -2.06. The monoisotopic (exact) mass is 389 g/mol. The van der Waals surface area contributed by atoms with Gasteiger partial charge in [0.05, 0.1) is 5.66 Å². The predicted octanol–water partition coefficient (Wildman–Crippen LogP) is 1.41. The molecule has 4 atom stereocenters. The van der Waals surface area contributed by atoms with Crippen LogP contribution in [0.4, 0.5) is 0 Å². The Morgan fingerprint density at radius 2 is 1.74 bits per heavy atom. The minimum Gasteiger partial charge on any atom is -0.480 e. The standard InChI is InChI=1S/C19H23N3O4S/c1-18(2)13(17(25)26)21-15(24)12(16(21)27-18)22-14(23)11(20-19(22,3)4)10-8-6-5-7-9-10/h5-9,11-13,16,20H,1-4H3,(H,25,26)/t11-,12?,13+,16-/m1/s1. The number of fused-ring (bicyclic) bond motifs is 1. The van der Waals surface area contributed by atoms with Gasteiger partial charge in [-0.1, -0.05) is 30.3 Å². The average Bonchev–Trinajstić information content (AvgIpc) is 2.98. The van der Waals surface area contributed by atoms with Gasteiger partial charge in [0.1, 0.15) is 23.5 Å². The van der Waals surface area contributed by atoms with Crippen molar-refractivity contribution >= 4 is 29.5 Å². The maximum absolute atomic E-state index is 13.2. The number of nitrogens with zero attached hydrogens (tertiary/aromatic N) is 2. The second kappa shape index (κ2) is 5.72. The fraction of sp³-hybridized carbons (Fsp3) is 0.526. The Morgan fingerprint density at radius 1 is 1.11 bits per heavy atom. The summed E-state index contributed by atoms with van der Waals surface area (Å²) in [7, 11) is 0. The minimum absolute atomic E-state index is 0.151. The largest absolute Gasteiger partial charge is 0.480 e. The Kier molecular flexibility index (Phi) is 3.88. The summed E-state index contributed by atoms with van der Waals surface area (Å²) in [6.45, 7) is 7.43. The van der Waals surface area contributed by atoms with E-state index in [1.54, 1.807) is 4.90 Å². The van der Waals surface area contributed by atoms with Crippen molar-refractivity contribution in [2.75, 3.05) is 0 Å². The van der Waals surface area contributed by atoms with E-state index in [-0.39, 0.29) is 17.2 Å². The van der Waals surface area contributed by atoms with Gasteiger partial charge in [-0.05, 0) is 33.3 Å². The van der Waals surface area contributed by atoms with Crippen LogP contribution in [-0.4, -0.2) is 60.6 Å². The normalized spacial score (nSPS) is 33.8. The van der Waals surface area contributed by atoms with Crippen LogP contribution >= 0.6 is 11.8 Å². The highest BCUT2D eigenvalue weighted by Crippen LogP contribution is 2.53. The summed E-state index contributed by atoms with van der Waals surface area (Å²) in [6.07, 6.45) is 0. The van der Waals surface area contributed by atoms with Crippen molar-refractivity contribution < 1.29 is 19.5 Å². The fourth-order valence-electron chi connectivity index (χ4n) is 4.49. The van der Waals surface area contributed by atoms with E-state index in [0.717, 1.165) is 5.56 Å². The first-order valence-electron chi connectivity index (χ1n) is 8.95. The molecule has 3 heterocycles. The van der Waals surface area contributed by atoms with E-state index in [2.05, 4.69) is 5.32 Å². The highest BCUT2D eigenvalue weighted by atomic mass is 32.2. The van der Waals surface area contributed by atoms with E-state index in [4.69, 9.17) is 0 Å². The third-order valence-corrected chi connectivity index (χ3v) is 7.20. The number of β-lactam (4-membered cyclic amide) rings is 1. The summed E-state index contributed by atoms with van der Waals surface area (Å²) in [5.41, 5.74) is 0.139. The molecule has 0 spiro atoms. The van der Waals surface area contributed by atoms with E-state index in [9.17, 15) is 19.5 Å². The first kappa shape index (κ1) is 18.3. The molecule has 2 amide bonds. The maximum Gasteiger partial charge on any atom is 0.327 e. The van der Waals surface area contributed by atoms with Crippen molar-refractivity contribution in [1.29, 1.82) is 0 Å². The number of rotatable bonds is 3. The van der Waals surface area contributed by atoms with Crippen molar-refractivity contribution in [2.24, 2.45) is 0 Å². The van der Waals surface area contributed by atoms with Gasteiger partial charge in [-0.25, -0.2) is 4.79 Å². The van der Waals surface area contributed by atoms with E-state index in [1.165, 1.54) is 16.7 Å². The van der Waals surface area contributed by atoms with Gasteiger partial charge in [-0.15, -0.1) is 11.8 Å². The molecule has 3 aliphatic heterocycles. The van der Waals surface area contributed by atoms with Gasteiger partial charge in [0.2, 0.25) is 11.8 Å². The Labute approximate surface area is 162 Å². The van der Waals surface area contributed by atoms with Crippen LogP contribution in [0.1, 0.15) is 39.3 Å². The number of hydrogen-bond acceptors (Lipinski definition) is 5. The molecule has 3 fully saturated rings. The lowest BCUT2D eigenvalue weighted by atomic mass is 9.94. The lowest BCUT2D eigenvalue weighted by molar-refractivity contribution is -0.170. The zero-order chi connectivity index (χ0) is 19.7. The molecule has 0 saturated carbocycles. The summed E-state index contributed by atoms with van der Waals surface area (Å²) in [6, 6.07) is 7.37. The zero-order valence-electron chi connectivity index (χ0n) is 15.7. The van der Waals surface area contributed by atoms with Gasteiger partial charge in [-0.3, -0.25) is 14.9 Å². The lowest BCUT2D eigenvalue weighted by Gasteiger charge is -2.50. The zero-order valence-corrected chi connectivity index (χ0v) is 16.5. The smallest absolute Gasteiger partial charge is 0.327 e. The van der Waals surface area contributed by atoms with Gasteiger partial charge in [0, 0.05) is 4.75 Å². The van der Waals surface area contributed by atoms with Gasteiger partial charge in [0.15, 0.2) is 0 Å². The number of carboxylic acids is 1. The Balaban J connectivity index is 1.65. The minimum atomic E-state index is -1.01. The summed E-state index contributed by atoms with van der Waals surface area (Å²) < 4.78 is -0.611. The molecular weight excluding hydrogens is 366 g/mol. The molecule has 8 heteroatoms. The molecule has 3 aliphatic rings. The van der Waals surface area contributed by atoms with Crippen molar-refractivity contribution in [1.82, 2.24) is 15.1 Å². The number of thioether (sulfide) groups is 1. The molecule has 0 radical (unpaired) electrons.